The number of methoxy groups -OCH3 is 1. The molecular weight excluding hydrogens is 448 g/mol. The van der Waals surface area contributed by atoms with Crippen LogP contribution in [0.4, 0.5) is 0 Å². The van der Waals surface area contributed by atoms with Gasteiger partial charge in [-0.15, -0.1) is 0 Å². The largest absolute Gasteiger partial charge is 0.493 e. The lowest BCUT2D eigenvalue weighted by Crippen LogP contribution is -2.20. The summed E-state index contributed by atoms with van der Waals surface area (Å²) in [4.78, 5) is 17.0. The molecule has 0 saturated carbocycles. The van der Waals surface area contributed by atoms with Gasteiger partial charge in [-0.05, 0) is 48.4 Å². The van der Waals surface area contributed by atoms with Crippen molar-refractivity contribution in [3.8, 4) is 11.5 Å². The Morgan fingerprint density at radius 2 is 1.88 bits per heavy atom. The van der Waals surface area contributed by atoms with Crippen LogP contribution in [0.5, 0.6) is 11.5 Å². The Bertz CT molecular complexity index is 1290. The highest BCUT2D eigenvalue weighted by molar-refractivity contribution is 7.99. The number of thioether (sulfide) groups is 1. The minimum atomic E-state index is -0.204. The van der Waals surface area contributed by atoms with E-state index in [0.717, 1.165) is 33.9 Å². The Labute approximate surface area is 202 Å². The Balaban J connectivity index is 1.34. The fourth-order valence-corrected chi connectivity index (χ4v) is 4.30. The van der Waals surface area contributed by atoms with Gasteiger partial charge in [0.2, 0.25) is 0 Å². The number of rotatable bonds is 10. The monoisotopic (exact) mass is 474 g/mol. The lowest BCUT2D eigenvalue weighted by Gasteiger charge is -2.11. The standard InChI is InChI=1S/C26H26N4O3S/c1-3-30-22-12-8-7-11-21(22)28-26(30)34-18-25(31)29-27-16-20-13-14-23(32-2)24(15-20)33-17-19-9-5-4-6-10-19/h4-16H,3,17-18H2,1-2H3,(H,29,31). The van der Waals surface area contributed by atoms with Crippen molar-refractivity contribution in [2.24, 2.45) is 5.10 Å². The molecule has 1 amide bonds. The van der Waals surface area contributed by atoms with E-state index in [1.807, 2.05) is 72.8 Å². The fourth-order valence-electron chi connectivity index (χ4n) is 3.43. The third kappa shape index (κ3) is 5.77. The number of hydrogen-bond acceptors (Lipinski definition) is 6. The van der Waals surface area contributed by atoms with E-state index >= 15 is 0 Å². The minimum absolute atomic E-state index is 0.204. The van der Waals surface area contributed by atoms with E-state index in [0.29, 0.717) is 18.1 Å². The van der Waals surface area contributed by atoms with Crippen molar-refractivity contribution in [1.29, 1.82) is 0 Å². The zero-order chi connectivity index (χ0) is 23.8. The van der Waals surface area contributed by atoms with Crippen molar-refractivity contribution in [1.82, 2.24) is 15.0 Å². The molecule has 0 aliphatic carbocycles. The third-order valence-corrected chi connectivity index (χ3v) is 6.07. The molecular formula is C26H26N4O3S. The second kappa shape index (κ2) is 11.4. The van der Waals surface area contributed by atoms with Crippen molar-refractivity contribution in [2.45, 2.75) is 25.2 Å². The van der Waals surface area contributed by atoms with Crippen molar-refractivity contribution >= 4 is 34.9 Å². The molecule has 174 valence electrons. The number of carbonyl (C=O) groups excluding carboxylic acids is 1. The zero-order valence-electron chi connectivity index (χ0n) is 19.1. The molecule has 0 bridgehead atoms. The average Bonchev–Trinajstić information content (AvgIpc) is 3.24. The van der Waals surface area contributed by atoms with Crippen LogP contribution < -0.4 is 14.9 Å². The molecule has 1 aromatic heterocycles. The number of hydrazone groups is 1. The highest BCUT2D eigenvalue weighted by Crippen LogP contribution is 2.28. The first kappa shape index (κ1) is 23.4. The molecule has 1 N–H and O–H groups in total. The number of ether oxygens (including phenoxy) is 2. The molecule has 0 atom stereocenters. The van der Waals surface area contributed by atoms with Crippen LogP contribution in [0.1, 0.15) is 18.1 Å². The van der Waals surface area contributed by atoms with E-state index in [2.05, 4.69) is 27.0 Å². The number of aromatic nitrogens is 2. The summed E-state index contributed by atoms with van der Waals surface area (Å²) in [6.07, 6.45) is 1.58. The molecule has 0 saturated heterocycles. The molecule has 0 unspecified atom stereocenters. The SMILES string of the molecule is CCn1c(SCC(=O)NN=Cc2ccc(OC)c(OCc3ccccc3)c2)nc2ccccc21. The molecule has 8 heteroatoms. The molecule has 0 spiro atoms. The second-order valence-electron chi connectivity index (χ2n) is 7.39. The summed E-state index contributed by atoms with van der Waals surface area (Å²) < 4.78 is 13.4. The number of para-hydroxylation sites is 2. The maximum atomic E-state index is 12.3. The fraction of sp³-hybridized carbons (Fsp3) is 0.192. The lowest BCUT2D eigenvalue weighted by molar-refractivity contribution is -0.118. The number of carbonyl (C=O) groups is 1. The van der Waals surface area contributed by atoms with Crippen LogP contribution in [-0.4, -0.2) is 34.5 Å². The highest BCUT2D eigenvalue weighted by atomic mass is 32.2. The number of imidazole rings is 1. The third-order valence-electron chi connectivity index (χ3n) is 5.10. The van der Waals surface area contributed by atoms with Gasteiger partial charge in [0.15, 0.2) is 16.7 Å². The molecule has 7 nitrogen and oxygen atoms in total. The number of benzene rings is 3. The maximum absolute atomic E-state index is 12.3. The van der Waals surface area contributed by atoms with Gasteiger partial charge in [0.1, 0.15) is 6.61 Å². The first-order chi connectivity index (χ1) is 16.7. The summed E-state index contributed by atoms with van der Waals surface area (Å²) in [7, 11) is 1.60. The van der Waals surface area contributed by atoms with Gasteiger partial charge in [-0.25, -0.2) is 10.4 Å². The molecule has 34 heavy (non-hydrogen) atoms. The summed E-state index contributed by atoms with van der Waals surface area (Å²) in [6.45, 7) is 3.28. The lowest BCUT2D eigenvalue weighted by atomic mass is 10.2. The second-order valence-corrected chi connectivity index (χ2v) is 8.34. The van der Waals surface area contributed by atoms with E-state index in [4.69, 9.17) is 9.47 Å². The van der Waals surface area contributed by atoms with E-state index in [1.165, 1.54) is 11.8 Å². The molecule has 4 rings (SSSR count). The number of hydrogen-bond donors (Lipinski definition) is 1. The van der Waals surface area contributed by atoms with Gasteiger partial charge in [-0.1, -0.05) is 54.2 Å². The summed E-state index contributed by atoms with van der Waals surface area (Å²) in [5, 5.41) is 4.91. The van der Waals surface area contributed by atoms with Crippen molar-refractivity contribution in [2.75, 3.05) is 12.9 Å². The van der Waals surface area contributed by atoms with Crippen molar-refractivity contribution in [3.63, 3.8) is 0 Å². The topological polar surface area (TPSA) is 77.7 Å². The van der Waals surface area contributed by atoms with Gasteiger partial charge in [0.05, 0.1) is 30.1 Å². The van der Waals surface area contributed by atoms with Gasteiger partial charge >= 0.3 is 0 Å². The van der Waals surface area contributed by atoms with Crippen LogP contribution in [0.15, 0.2) is 83.1 Å². The predicted octanol–water partition coefficient (Wildman–Crippen LogP) is 4.89. The molecule has 0 aliphatic rings. The molecule has 0 radical (unpaired) electrons. The van der Waals surface area contributed by atoms with Gasteiger partial charge < -0.3 is 14.0 Å². The van der Waals surface area contributed by atoms with Gasteiger partial charge in [0, 0.05) is 6.54 Å². The van der Waals surface area contributed by atoms with Gasteiger partial charge in [-0.2, -0.15) is 5.10 Å². The van der Waals surface area contributed by atoms with Crippen LogP contribution in [0.25, 0.3) is 11.0 Å². The summed E-state index contributed by atoms with van der Waals surface area (Å²) in [6, 6.07) is 23.4. The smallest absolute Gasteiger partial charge is 0.250 e. The summed E-state index contributed by atoms with van der Waals surface area (Å²) in [5.74, 6) is 1.25. The van der Waals surface area contributed by atoms with Crippen molar-refractivity contribution in [3.05, 3.63) is 83.9 Å². The quantitative estimate of drug-likeness (QED) is 0.201. The van der Waals surface area contributed by atoms with Crippen molar-refractivity contribution < 1.29 is 14.3 Å². The van der Waals surface area contributed by atoms with E-state index in [-0.39, 0.29) is 11.7 Å². The number of nitrogens with one attached hydrogen (secondary N) is 1. The minimum Gasteiger partial charge on any atom is -0.493 e. The first-order valence-corrected chi connectivity index (χ1v) is 11.9. The highest BCUT2D eigenvalue weighted by Gasteiger charge is 2.11. The molecule has 1 heterocycles. The van der Waals surface area contributed by atoms with Gasteiger partial charge in [0.25, 0.3) is 5.91 Å². The number of aryl methyl sites for hydroxylation is 1. The number of nitrogens with zero attached hydrogens (tertiary/aromatic N) is 3. The van der Waals surface area contributed by atoms with Crippen LogP contribution >= 0.6 is 11.8 Å². The zero-order valence-corrected chi connectivity index (χ0v) is 19.9. The van der Waals surface area contributed by atoms with Crippen LogP contribution in [0.2, 0.25) is 0 Å². The maximum Gasteiger partial charge on any atom is 0.250 e. The molecule has 4 aromatic rings. The number of amides is 1. The Hall–Kier alpha value is -3.78. The number of fused-ring (bicyclic) bond motifs is 1. The molecule has 0 fully saturated rings. The van der Waals surface area contributed by atoms with Crippen LogP contribution in [0.3, 0.4) is 0 Å². The van der Waals surface area contributed by atoms with E-state index < -0.39 is 0 Å². The van der Waals surface area contributed by atoms with Crippen LogP contribution in [-0.2, 0) is 17.9 Å². The Kier molecular flexibility index (Phi) is 7.83. The predicted molar refractivity (Wildman–Crippen MR) is 136 cm³/mol. The molecule has 0 aliphatic heterocycles. The summed E-state index contributed by atoms with van der Waals surface area (Å²) in [5.41, 5.74) is 6.41. The van der Waals surface area contributed by atoms with E-state index in [9.17, 15) is 4.79 Å². The first-order valence-electron chi connectivity index (χ1n) is 10.9. The summed E-state index contributed by atoms with van der Waals surface area (Å²) >= 11 is 1.39. The molecule has 3 aromatic carbocycles. The Morgan fingerprint density at radius 3 is 2.68 bits per heavy atom. The average molecular weight is 475 g/mol. The normalized spacial score (nSPS) is 11.1. The Morgan fingerprint density at radius 1 is 1.09 bits per heavy atom. The van der Waals surface area contributed by atoms with E-state index in [1.54, 1.807) is 13.3 Å². The van der Waals surface area contributed by atoms with Gasteiger partial charge in [-0.3, -0.25) is 4.79 Å². The van der Waals surface area contributed by atoms with Crippen LogP contribution in [0, 0.1) is 0 Å².